The summed E-state index contributed by atoms with van der Waals surface area (Å²) in [7, 11) is 0. The van der Waals surface area contributed by atoms with Crippen molar-refractivity contribution in [1.82, 2.24) is 36.6 Å². The van der Waals surface area contributed by atoms with Crippen molar-refractivity contribution < 1.29 is 51.5 Å². The summed E-state index contributed by atoms with van der Waals surface area (Å²) in [6, 6.07) is 10.5. The summed E-state index contributed by atoms with van der Waals surface area (Å²) in [5.74, 6) is -6.36. The van der Waals surface area contributed by atoms with Crippen LogP contribution >= 0.6 is 33.9 Å². The highest BCUT2D eigenvalue weighted by Gasteiger charge is 2.53. The molecule has 2 heterocycles. The predicted octanol–water partition coefficient (Wildman–Crippen LogP) is 8.22. The zero-order valence-corrected chi connectivity index (χ0v) is 44.5. The third-order valence-corrected chi connectivity index (χ3v) is 14.4. The minimum absolute atomic E-state index is 0.0541. The zero-order chi connectivity index (χ0) is 52.9. The molecular formula is C52H65F4IN8O7S. The quantitative estimate of drug-likeness (QED) is 0.0139. The Hall–Kier alpha value is -5.23. The Labute approximate surface area is 440 Å². The van der Waals surface area contributed by atoms with Crippen LogP contribution in [0.1, 0.15) is 119 Å². The van der Waals surface area contributed by atoms with Crippen LogP contribution in [0.2, 0.25) is 0 Å². The normalized spacial score (nSPS) is 16.9. The van der Waals surface area contributed by atoms with Gasteiger partial charge in [-0.15, -0.1) is 11.3 Å². The number of aliphatic hydroxyl groups is 1. The average Bonchev–Trinajstić information content (AvgIpc) is 3.75. The van der Waals surface area contributed by atoms with Gasteiger partial charge < -0.3 is 36.6 Å². The van der Waals surface area contributed by atoms with Crippen molar-refractivity contribution >= 4 is 74.8 Å². The van der Waals surface area contributed by atoms with E-state index in [9.17, 15) is 46.6 Å². The van der Waals surface area contributed by atoms with Gasteiger partial charge in [-0.3, -0.25) is 28.8 Å². The number of rotatable bonds is 26. The third-order valence-electron chi connectivity index (χ3n) is 12.8. The maximum Gasteiger partial charge on any atom is 0.277 e. The molecule has 5 amide bonds. The molecule has 7 N–H and O–H groups in total. The van der Waals surface area contributed by atoms with Crippen LogP contribution in [-0.4, -0.2) is 101 Å². The van der Waals surface area contributed by atoms with Crippen molar-refractivity contribution in [3.8, 4) is 10.4 Å². The first kappa shape index (κ1) is 57.1. The molecule has 396 valence electrons. The Morgan fingerprint density at radius 3 is 2.25 bits per heavy atom. The van der Waals surface area contributed by atoms with Crippen LogP contribution in [0.4, 0.5) is 28.9 Å². The molecule has 1 aliphatic carbocycles. The van der Waals surface area contributed by atoms with E-state index in [1.54, 1.807) is 32.3 Å². The van der Waals surface area contributed by atoms with Crippen molar-refractivity contribution in [3.05, 3.63) is 98.0 Å². The minimum Gasteiger partial charge on any atom is -0.391 e. The van der Waals surface area contributed by atoms with Crippen LogP contribution in [0.3, 0.4) is 0 Å². The summed E-state index contributed by atoms with van der Waals surface area (Å²) in [6.07, 6.45) is 5.12. The van der Waals surface area contributed by atoms with E-state index >= 15 is 0 Å². The van der Waals surface area contributed by atoms with Crippen LogP contribution in [-0.2, 0) is 24.0 Å². The molecule has 1 aliphatic heterocycles. The number of alkyl halides is 1. The van der Waals surface area contributed by atoms with E-state index < -0.39 is 82.1 Å². The molecule has 4 aromatic rings. The van der Waals surface area contributed by atoms with E-state index in [1.807, 2.05) is 53.8 Å². The van der Waals surface area contributed by atoms with Crippen molar-refractivity contribution in [2.75, 3.05) is 38.1 Å². The minimum atomic E-state index is -2.01. The Morgan fingerprint density at radius 2 is 1.59 bits per heavy atom. The predicted molar refractivity (Wildman–Crippen MR) is 279 cm³/mol. The van der Waals surface area contributed by atoms with E-state index in [1.165, 1.54) is 28.4 Å². The number of aromatic nitrogens is 1. The SMILES string of the molecule is Cc1ncsc1-c1ccc([C@H](CC(=O)NCCCCCCCCNCCCONC(=O)c2ccc(F)c(F)c2Nc2ccc(I)cc2F)NC(=O)[C@@H]2C[C@@H](O)CN2C(=O)C(NC(=O)C2(F)CC2)C(C)(C)C)cc1. The molecule has 6 rings (SSSR count). The standard InChI is InChI=1S/C52H65F4IN8O7S/c1-31-45(73-30-60-31)33-14-12-32(13-15-33)40(62-48(69)41-27-35(66)29-65(41)49(70)46(51(2,3)4)63-50(71)52(56)20-21-52)28-42(67)59-24-10-8-6-5-7-9-22-58-23-11-25-72-64-47(68)36-17-18-37(53)43(55)44(36)61-39-19-16-34(57)26-38(39)54/h12-19,26,30,35,40-41,46,58,61,66H,5-11,20-25,27-29H2,1-4H3,(H,59,67)(H,62,69)(H,63,71)(H,64,68)/t35-,40+,41+,46?/m1/s1. The first-order chi connectivity index (χ1) is 34.7. The molecule has 2 fully saturated rings. The summed E-state index contributed by atoms with van der Waals surface area (Å²) in [5, 5.41) is 25.1. The van der Waals surface area contributed by atoms with Crippen LogP contribution < -0.4 is 32.1 Å². The van der Waals surface area contributed by atoms with E-state index in [4.69, 9.17) is 4.84 Å². The summed E-state index contributed by atoms with van der Waals surface area (Å²) in [6.45, 7) is 8.96. The monoisotopic (exact) mass is 1150 g/mol. The summed E-state index contributed by atoms with van der Waals surface area (Å²) < 4.78 is 58.5. The van der Waals surface area contributed by atoms with Gasteiger partial charge in [0.05, 0.1) is 58.2 Å². The third kappa shape index (κ3) is 16.1. The smallest absolute Gasteiger partial charge is 0.277 e. The second-order valence-electron chi connectivity index (χ2n) is 19.7. The maximum atomic E-state index is 14.7. The number of nitrogens with one attached hydrogen (secondary N) is 6. The lowest BCUT2D eigenvalue weighted by molar-refractivity contribution is -0.145. The number of benzene rings is 3. The number of hydrogen-bond acceptors (Lipinski definition) is 11. The van der Waals surface area contributed by atoms with Crippen molar-refractivity contribution in [2.45, 2.75) is 128 Å². The van der Waals surface area contributed by atoms with E-state index in [2.05, 4.69) is 37.0 Å². The molecule has 21 heteroatoms. The van der Waals surface area contributed by atoms with Gasteiger partial charge in [0.2, 0.25) is 17.7 Å². The van der Waals surface area contributed by atoms with Gasteiger partial charge in [0.25, 0.3) is 11.8 Å². The second kappa shape index (κ2) is 26.3. The average molecular weight is 1150 g/mol. The fourth-order valence-corrected chi connectivity index (χ4v) is 9.67. The highest BCUT2D eigenvalue weighted by atomic mass is 127. The fourth-order valence-electron chi connectivity index (χ4n) is 8.40. The number of hydroxylamine groups is 1. The highest BCUT2D eigenvalue weighted by molar-refractivity contribution is 14.1. The van der Waals surface area contributed by atoms with Crippen LogP contribution in [0, 0.1) is 33.4 Å². The number of hydrogen-bond donors (Lipinski definition) is 7. The summed E-state index contributed by atoms with van der Waals surface area (Å²) in [5.41, 5.74) is 2.73. The van der Waals surface area contributed by atoms with Gasteiger partial charge in [-0.05, 0) is 122 Å². The molecule has 3 aromatic carbocycles. The molecule has 1 saturated carbocycles. The number of β-amino-alcohol motifs (C(OH)–C–C–N with tert-alkyl or cyclic N) is 1. The summed E-state index contributed by atoms with van der Waals surface area (Å²) >= 11 is 3.42. The van der Waals surface area contributed by atoms with Crippen molar-refractivity contribution in [1.29, 1.82) is 0 Å². The van der Waals surface area contributed by atoms with Crippen molar-refractivity contribution in [2.24, 2.45) is 5.41 Å². The molecule has 15 nitrogen and oxygen atoms in total. The number of amides is 5. The highest BCUT2D eigenvalue weighted by Crippen LogP contribution is 2.41. The van der Waals surface area contributed by atoms with Crippen LogP contribution in [0.5, 0.6) is 0 Å². The van der Waals surface area contributed by atoms with E-state index in [-0.39, 0.29) is 56.0 Å². The Kier molecular flexibility index (Phi) is 20.6. The molecule has 0 bridgehead atoms. The molecule has 2 aliphatic rings. The molecule has 0 spiro atoms. The van der Waals surface area contributed by atoms with Gasteiger partial charge in [-0.1, -0.05) is 70.7 Å². The van der Waals surface area contributed by atoms with Crippen molar-refractivity contribution in [3.63, 3.8) is 0 Å². The molecule has 1 saturated heterocycles. The van der Waals surface area contributed by atoms with E-state index in [0.717, 1.165) is 73.3 Å². The zero-order valence-electron chi connectivity index (χ0n) is 41.5. The molecule has 1 aromatic heterocycles. The lowest BCUT2D eigenvalue weighted by Crippen LogP contribution is -2.59. The number of carbonyl (C=O) groups excluding carboxylic acids is 5. The first-order valence-electron chi connectivity index (χ1n) is 24.6. The molecule has 73 heavy (non-hydrogen) atoms. The number of aliphatic hydroxyl groups excluding tert-OH is 1. The number of likely N-dealkylation sites (tertiary alicyclic amines) is 1. The summed E-state index contributed by atoms with van der Waals surface area (Å²) in [4.78, 5) is 79.0. The maximum absolute atomic E-state index is 14.7. The van der Waals surface area contributed by atoms with Gasteiger partial charge in [-0.25, -0.2) is 28.0 Å². The number of halogens is 5. The van der Waals surface area contributed by atoms with Crippen LogP contribution in [0.25, 0.3) is 10.4 Å². The van der Waals surface area contributed by atoms with Gasteiger partial charge in [-0.2, -0.15) is 0 Å². The number of unbranched alkanes of at least 4 members (excludes halogenated alkanes) is 5. The molecule has 4 atom stereocenters. The number of nitrogens with zero attached hydrogens (tertiary/aromatic N) is 2. The Morgan fingerprint density at radius 1 is 0.904 bits per heavy atom. The Balaban J connectivity index is 0.895. The van der Waals surface area contributed by atoms with Gasteiger partial charge in [0.1, 0.15) is 17.9 Å². The molecule has 1 unspecified atom stereocenters. The largest absolute Gasteiger partial charge is 0.391 e. The topological polar surface area (TPSA) is 203 Å². The first-order valence-corrected chi connectivity index (χ1v) is 26.6. The number of carbonyl (C=O) groups is 5. The van der Waals surface area contributed by atoms with Gasteiger partial charge in [0, 0.05) is 23.1 Å². The number of thiazole rings is 1. The number of aryl methyl sites for hydroxylation is 1. The fraction of sp³-hybridized carbons (Fsp3) is 0.500. The van der Waals surface area contributed by atoms with Gasteiger partial charge in [0.15, 0.2) is 17.3 Å². The van der Waals surface area contributed by atoms with Gasteiger partial charge >= 0.3 is 0 Å². The second-order valence-corrected chi connectivity index (χ2v) is 21.8. The lowest BCUT2D eigenvalue weighted by Gasteiger charge is -2.36. The molecular weight excluding hydrogens is 1080 g/mol. The lowest BCUT2D eigenvalue weighted by atomic mass is 9.85. The molecule has 0 radical (unpaired) electrons. The van der Waals surface area contributed by atoms with Crippen LogP contribution in [0.15, 0.2) is 60.1 Å². The number of anilines is 2. The Bertz CT molecular complexity index is 2560. The van der Waals surface area contributed by atoms with E-state index in [0.29, 0.717) is 28.6 Å².